The Morgan fingerprint density at radius 2 is 1.53 bits per heavy atom. The molecule has 0 aromatic heterocycles. The zero-order valence-corrected chi connectivity index (χ0v) is 20.0. The number of ether oxygens (including phenoxy) is 1. The Morgan fingerprint density at radius 1 is 0.967 bits per heavy atom. The molecule has 1 N–H and O–H groups in total. The highest BCUT2D eigenvalue weighted by Gasteiger charge is 2.50. The summed E-state index contributed by atoms with van der Waals surface area (Å²) in [7, 11) is -2.47. The zero-order chi connectivity index (χ0) is 21.9. The summed E-state index contributed by atoms with van der Waals surface area (Å²) < 4.78 is 12.6. The van der Waals surface area contributed by atoms with Crippen molar-refractivity contribution in [3.63, 3.8) is 0 Å². The summed E-state index contributed by atoms with van der Waals surface area (Å²) in [6, 6.07) is 21.8. The number of nitrogens with one attached hydrogen (secondary N) is 1. The highest BCUT2D eigenvalue weighted by molar-refractivity contribution is 6.99. The lowest BCUT2D eigenvalue weighted by Crippen LogP contribution is -2.67. The standard InChI is InChI=1S/C26H37NO2Si/c1-6-7-14-20-28-21-19-27-23(2)22-29-30(26(3,4)5,24-15-10-8-11-16-24)25-17-12-9-13-18-25/h1,8-13,15-18,23,27H,7,14,19-22H2,2-5H3/t23-/m0/s1. The Labute approximate surface area is 184 Å². The van der Waals surface area contributed by atoms with E-state index >= 15 is 0 Å². The molecule has 0 saturated carbocycles. The molecule has 0 heterocycles. The molecule has 2 rings (SSSR count). The number of hydrogen-bond donors (Lipinski definition) is 1. The van der Waals surface area contributed by atoms with E-state index < -0.39 is 8.32 Å². The number of benzene rings is 2. The van der Waals surface area contributed by atoms with Gasteiger partial charge in [-0.05, 0) is 28.8 Å². The van der Waals surface area contributed by atoms with Gasteiger partial charge < -0.3 is 14.5 Å². The van der Waals surface area contributed by atoms with E-state index in [0.29, 0.717) is 13.2 Å². The summed E-state index contributed by atoms with van der Waals surface area (Å²) in [5, 5.41) is 6.15. The summed E-state index contributed by atoms with van der Waals surface area (Å²) in [5.41, 5.74) is 0. The second-order valence-corrected chi connectivity index (χ2v) is 13.1. The number of rotatable bonds is 12. The molecule has 0 aliphatic rings. The van der Waals surface area contributed by atoms with Gasteiger partial charge in [-0.3, -0.25) is 0 Å². The van der Waals surface area contributed by atoms with E-state index in [2.05, 4.69) is 99.6 Å². The molecular formula is C26H37NO2Si. The van der Waals surface area contributed by atoms with Crippen molar-refractivity contribution in [2.75, 3.05) is 26.4 Å². The van der Waals surface area contributed by atoms with Crippen molar-refractivity contribution in [1.29, 1.82) is 0 Å². The van der Waals surface area contributed by atoms with E-state index in [1.54, 1.807) is 0 Å². The van der Waals surface area contributed by atoms with Crippen molar-refractivity contribution >= 4 is 18.7 Å². The summed E-state index contributed by atoms with van der Waals surface area (Å²) >= 11 is 0. The smallest absolute Gasteiger partial charge is 0.261 e. The molecule has 0 fully saturated rings. The SMILES string of the molecule is C#CCCCOCCN[C@@H](C)CO[Si](c1ccccc1)(c1ccccc1)C(C)(C)C. The van der Waals surface area contributed by atoms with Gasteiger partial charge in [-0.2, -0.15) is 0 Å². The van der Waals surface area contributed by atoms with Gasteiger partial charge in [-0.15, -0.1) is 12.3 Å². The predicted octanol–water partition coefficient (Wildman–Crippen LogP) is 3.97. The molecule has 4 heteroatoms. The molecule has 0 amide bonds. The Kier molecular flexibility index (Phi) is 9.81. The van der Waals surface area contributed by atoms with E-state index in [0.717, 1.165) is 26.0 Å². The molecule has 0 unspecified atom stereocenters. The Morgan fingerprint density at radius 3 is 2.03 bits per heavy atom. The average Bonchev–Trinajstić information content (AvgIpc) is 2.74. The Hall–Kier alpha value is -1.90. The fourth-order valence-corrected chi connectivity index (χ4v) is 8.48. The van der Waals surface area contributed by atoms with Crippen LogP contribution in [0.4, 0.5) is 0 Å². The molecule has 162 valence electrons. The van der Waals surface area contributed by atoms with Crippen LogP contribution in [0, 0.1) is 12.3 Å². The fourth-order valence-electron chi connectivity index (χ4n) is 3.83. The second-order valence-electron chi connectivity index (χ2n) is 8.75. The van der Waals surface area contributed by atoms with E-state index in [-0.39, 0.29) is 11.1 Å². The van der Waals surface area contributed by atoms with Crippen molar-refractivity contribution in [3.05, 3.63) is 60.7 Å². The van der Waals surface area contributed by atoms with Crippen molar-refractivity contribution < 1.29 is 9.16 Å². The van der Waals surface area contributed by atoms with Gasteiger partial charge in [0.15, 0.2) is 0 Å². The van der Waals surface area contributed by atoms with Crippen LogP contribution >= 0.6 is 0 Å². The summed E-state index contributed by atoms with van der Waals surface area (Å²) in [6.07, 6.45) is 6.96. The minimum absolute atomic E-state index is 0.00440. The molecule has 30 heavy (non-hydrogen) atoms. The molecule has 2 aromatic carbocycles. The van der Waals surface area contributed by atoms with E-state index in [1.807, 2.05) is 0 Å². The second kappa shape index (κ2) is 12.1. The number of terminal acetylenes is 1. The minimum Gasteiger partial charge on any atom is -0.406 e. The molecular weight excluding hydrogens is 386 g/mol. The molecule has 0 aliphatic heterocycles. The molecule has 0 radical (unpaired) electrons. The van der Waals surface area contributed by atoms with Crippen molar-refractivity contribution in [3.8, 4) is 12.3 Å². The first-order valence-corrected chi connectivity index (χ1v) is 12.8. The van der Waals surface area contributed by atoms with Gasteiger partial charge in [-0.25, -0.2) is 0 Å². The van der Waals surface area contributed by atoms with Crippen molar-refractivity contribution in [2.45, 2.75) is 51.6 Å². The normalized spacial score (nSPS) is 13.0. The largest absolute Gasteiger partial charge is 0.406 e. The van der Waals surface area contributed by atoms with Crippen LogP contribution in [-0.2, 0) is 9.16 Å². The molecule has 0 saturated heterocycles. The molecule has 1 atom stereocenters. The van der Waals surface area contributed by atoms with Crippen LogP contribution in [0.5, 0.6) is 0 Å². The van der Waals surface area contributed by atoms with Gasteiger partial charge in [0.05, 0.1) is 6.61 Å². The van der Waals surface area contributed by atoms with Crippen molar-refractivity contribution in [1.82, 2.24) is 5.32 Å². The Bertz CT molecular complexity index is 726. The molecule has 0 spiro atoms. The first-order valence-electron chi connectivity index (χ1n) is 10.9. The van der Waals surface area contributed by atoms with Gasteiger partial charge in [0.2, 0.25) is 0 Å². The van der Waals surface area contributed by atoms with Crippen LogP contribution in [-0.4, -0.2) is 40.7 Å². The van der Waals surface area contributed by atoms with Crippen LogP contribution in [0.2, 0.25) is 5.04 Å². The maximum absolute atomic E-state index is 6.95. The van der Waals surface area contributed by atoms with Gasteiger partial charge >= 0.3 is 0 Å². The monoisotopic (exact) mass is 423 g/mol. The first kappa shape index (κ1) is 24.4. The predicted molar refractivity (Wildman–Crippen MR) is 130 cm³/mol. The third-order valence-electron chi connectivity index (χ3n) is 5.32. The quantitative estimate of drug-likeness (QED) is 0.318. The molecule has 0 aliphatic carbocycles. The van der Waals surface area contributed by atoms with E-state index in [1.165, 1.54) is 10.4 Å². The van der Waals surface area contributed by atoms with Crippen LogP contribution in [0.1, 0.15) is 40.5 Å². The van der Waals surface area contributed by atoms with Gasteiger partial charge in [0.1, 0.15) is 0 Å². The lowest BCUT2D eigenvalue weighted by atomic mass is 10.2. The van der Waals surface area contributed by atoms with Crippen LogP contribution in [0.25, 0.3) is 0 Å². The van der Waals surface area contributed by atoms with Crippen LogP contribution in [0.3, 0.4) is 0 Å². The van der Waals surface area contributed by atoms with E-state index in [4.69, 9.17) is 15.6 Å². The third kappa shape index (κ3) is 6.55. The first-order chi connectivity index (χ1) is 14.4. The highest BCUT2D eigenvalue weighted by Crippen LogP contribution is 2.36. The maximum atomic E-state index is 6.95. The maximum Gasteiger partial charge on any atom is 0.261 e. The van der Waals surface area contributed by atoms with Crippen molar-refractivity contribution in [2.24, 2.45) is 0 Å². The van der Waals surface area contributed by atoms with Gasteiger partial charge in [0, 0.05) is 32.2 Å². The summed E-state index contributed by atoms with van der Waals surface area (Å²) in [5.74, 6) is 2.64. The number of unbranched alkanes of at least 4 members (excludes halogenated alkanes) is 1. The van der Waals surface area contributed by atoms with E-state index in [9.17, 15) is 0 Å². The lowest BCUT2D eigenvalue weighted by molar-refractivity contribution is 0.130. The molecule has 2 aromatic rings. The van der Waals surface area contributed by atoms with Crippen LogP contribution in [0.15, 0.2) is 60.7 Å². The third-order valence-corrected chi connectivity index (χ3v) is 10.3. The fraction of sp³-hybridized carbons (Fsp3) is 0.462. The van der Waals surface area contributed by atoms with Gasteiger partial charge in [-0.1, -0.05) is 81.4 Å². The summed E-state index contributed by atoms with van der Waals surface area (Å²) in [6.45, 7) is 12.0. The lowest BCUT2D eigenvalue weighted by Gasteiger charge is -2.43. The topological polar surface area (TPSA) is 30.5 Å². The zero-order valence-electron chi connectivity index (χ0n) is 19.0. The molecule has 3 nitrogen and oxygen atoms in total. The van der Waals surface area contributed by atoms with Crippen LogP contribution < -0.4 is 15.7 Å². The average molecular weight is 424 g/mol. The highest BCUT2D eigenvalue weighted by atomic mass is 28.4. The van der Waals surface area contributed by atoms with Gasteiger partial charge in [0.25, 0.3) is 8.32 Å². The number of hydrogen-bond acceptors (Lipinski definition) is 3. The molecule has 0 bridgehead atoms. The minimum atomic E-state index is -2.47. The Balaban J connectivity index is 2.09. The summed E-state index contributed by atoms with van der Waals surface area (Å²) in [4.78, 5) is 0.